The van der Waals surface area contributed by atoms with E-state index in [0.717, 1.165) is 57.8 Å². The smallest absolute Gasteiger partial charge is 0.306 e. The third kappa shape index (κ3) is 38.4. The molecule has 0 aromatic heterocycles. The number of hydrogen-bond acceptors (Lipinski definition) is 5. The molecule has 324 valence electrons. The van der Waals surface area contributed by atoms with Gasteiger partial charge in [0.1, 0.15) is 6.10 Å². The Hall–Kier alpha value is -2.44. The molecule has 0 aliphatic rings. The lowest BCUT2D eigenvalue weighted by Gasteiger charge is -2.24. The van der Waals surface area contributed by atoms with Crippen molar-refractivity contribution in [2.24, 2.45) is 0 Å². The van der Waals surface area contributed by atoms with Gasteiger partial charge in [0.25, 0.3) is 0 Å². The maximum absolute atomic E-state index is 13.1. The summed E-state index contributed by atoms with van der Waals surface area (Å²) in [7, 11) is 0. The van der Waals surface area contributed by atoms with E-state index in [1.165, 1.54) is 116 Å². The van der Waals surface area contributed by atoms with Gasteiger partial charge in [-0.25, -0.2) is 0 Å². The monoisotopic (exact) mass is 784 g/mol. The Labute approximate surface area is 346 Å². The van der Waals surface area contributed by atoms with Crippen molar-refractivity contribution < 1.29 is 24.5 Å². The number of unbranched alkanes of at least 4 members (excludes halogenated alkanes) is 23. The molecule has 0 aromatic carbocycles. The lowest BCUT2D eigenvalue weighted by atomic mass is 10.0. The van der Waals surface area contributed by atoms with E-state index in [-0.39, 0.29) is 24.9 Å². The maximum atomic E-state index is 13.1. The van der Waals surface area contributed by atoms with Gasteiger partial charge in [-0.05, 0) is 38.5 Å². The molecule has 1 amide bonds. The Morgan fingerprint density at radius 1 is 0.536 bits per heavy atom. The second kappa shape index (κ2) is 43.7. The Kier molecular flexibility index (Phi) is 41.8. The Balaban J connectivity index is 4.70. The van der Waals surface area contributed by atoms with Gasteiger partial charge in [-0.2, -0.15) is 0 Å². The van der Waals surface area contributed by atoms with E-state index in [2.05, 4.69) is 38.2 Å². The summed E-state index contributed by atoms with van der Waals surface area (Å²) in [6.07, 6.45) is 52.8. The number of ether oxygens (including phenoxy) is 1. The van der Waals surface area contributed by atoms with E-state index < -0.39 is 18.2 Å². The van der Waals surface area contributed by atoms with E-state index in [1.807, 2.05) is 48.6 Å². The average Bonchev–Trinajstić information content (AvgIpc) is 3.19. The number of allylic oxidation sites excluding steroid dienone is 10. The molecule has 6 nitrogen and oxygen atoms in total. The molecule has 0 fully saturated rings. The van der Waals surface area contributed by atoms with Crippen molar-refractivity contribution >= 4 is 11.9 Å². The first-order valence-electron chi connectivity index (χ1n) is 23.6. The van der Waals surface area contributed by atoms with Crippen molar-refractivity contribution in [1.29, 1.82) is 0 Å². The zero-order valence-corrected chi connectivity index (χ0v) is 36.8. The lowest BCUT2D eigenvalue weighted by molar-refractivity contribution is -0.151. The Morgan fingerprint density at radius 2 is 0.964 bits per heavy atom. The fraction of sp³-hybridized carbons (Fsp3) is 0.760. The summed E-state index contributed by atoms with van der Waals surface area (Å²) in [6, 6.07) is -0.722. The highest BCUT2D eigenvalue weighted by atomic mass is 16.5. The second-order valence-electron chi connectivity index (χ2n) is 15.9. The van der Waals surface area contributed by atoms with Gasteiger partial charge in [0.05, 0.1) is 25.2 Å². The number of amides is 1. The van der Waals surface area contributed by atoms with Crippen LogP contribution in [0, 0.1) is 0 Å². The predicted molar refractivity (Wildman–Crippen MR) is 241 cm³/mol. The van der Waals surface area contributed by atoms with Crippen LogP contribution in [0.15, 0.2) is 60.8 Å². The lowest BCUT2D eigenvalue weighted by Crippen LogP contribution is -2.46. The number of carbonyl (C=O) groups excluding carboxylic acids is 2. The second-order valence-corrected chi connectivity index (χ2v) is 15.9. The summed E-state index contributed by atoms with van der Waals surface area (Å²) in [5, 5.41) is 23.6. The molecule has 6 heteroatoms. The van der Waals surface area contributed by atoms with Crippen LogP contribution in [0.2, 0.25) is 0 Å². The Morgan fingerprint density at radius 3 is 1.43 bits per heavy atom. The number of aliphatic hydroxyl groups excluding tert-OH is 2. The normalized spacial score (nSPS) is 13.9. The minimum Gasteiger partial charge on any atom is -0.462 e. The molecular weight excluding hydrogens is 695 g/mol. The summed E-state index contributed by atoms with van der Waals surface area (Å²) >= 11 is 0. The van der Waals surface area contributed by atoms with Crippen LogP contribution < -0.4 is 5.32 Å². The summed E-state index contributed by atoms with van der Waals surface area (Å²) in [5.74, 6) is -0.545. The van der Waals surface area contributed by atoms with Gasteiger partial charge in [-0.3, -0.25) is 9.59 Å². The van der Waals surface area contributed by atoms with E-state index in [0.29, 0.717) is 19.3 Å². The highest BCUT2D eigenvalue weighted by Crippen LogP contribution is 2.17. The van der Waals surface area contributed by atoms with Crippen LogP contribution in [0.1, 0.15) is 220 Å². The number of aliphatic hydroxyl groups is 2. The van der Waals surface area contributed by atoms with Crippen LogP contribution in [-0.4, -0.2) is 46.9 Å². The number of carbonyl (C=O) groups is 2. The number of rotatable bonds is 41. The van der Waals surface area contributed by atoms with E-state index in [9.17, 15) is 19.8 Å². The molecule has 3 N–H and O–H groups in total. The van der Waals surface area contributed by atoms with Gasteiger partial charge >= 0.3 is 5.97 Å². The van der Waals surface area contributed by atoms with Crippen LogP contribution in [-0.2, 0) is 14.3 Å². The van der Waals surface area contributed by atoms with Crippen LogP contribution in [0.4, 0.5) is 0 Å². The minimum atomic E-state index is -0.804. The quantitative estimate of drug-likeness (QED) is 0.0326. The third-order valence-electron chi connectivity index (χ3n) is 10.5. The van der Waals surface area contributed by atoms with E-state index >= 15 is 0 Å². The first kappa shape index (κ1) is 53.6. The molecular formula is C50H89NO5. The molecule has 0 bridgehead atoms. The fourth-order valence-corrected chi connectivity index (χ4v) is 6.93. The molecule has 0 spiro atoms. The molecule has 0 aromatic rings. The largest absolute Gasteiger partial charge is 0.462 e. The number of hydrogen-bond donors (Lipinski definition) is 3. The Bertz CT molecular complexity index is 1010. The van der Waals surface area contributed by atoms with Crippen LogP contribution in [0.3, 0.4) is 0 Å². The van der Waals surface area contributed by atoms with E-state index in [1.54, 1.807) is 0 Å². The van der Waals surface area contributed by atoms with Crippen molar-refractivity contribution in [2.45, 2.75) is 238 Å². The van der Waals surface area contributed by atoms with Crippen LogP contribution >= 0.6 is 0 Å². The molecule has 0 saturated heterocycles. The van der Waals surface area contributed by atoms with Gasteiger partial charge in [-0.15, -0.1) is 0 Å². The number of nitrogens with one attached hydrogen (secondary N) is 1. The molecule has 0 rings (SSSR count). The molecule has 0 radical (unpaired) electrons. The SMILES string of the molecule is CC/C=C/C=C/C=C\C=C/C=C/CCCC(CC(=O)NC(CO)C(O)CCCCCCCCCCCC)OC(=O)CCCCCCCCCCCCCCCC. The van der Waals surface area contributed by atoms with Crippen molar-refractivity contribution in [3.8, 4) is 0 Å². The number of esters is 1. The topological polar surface area (TPSA) is 95.9 Å². The van der Waals surface area contributed by atoms with Gasteiger partial charge in [0.2, 0.25) is 5.91 Å². The molecule has 56 heavy (non-hydrogen) atoms. The van der Waals surface area contributed by atoms with E-state index in [4.69, 9.17) is 4.74 Å². The van der Waals surface area contributed by atoms with Crippen LogP contribution in [0.25, 0.3) is 0 Å². The summed E-state index contributed by atoms with van der Waals surface area (Å²) < 4.78 is 5.87. The first-order chi connectivity index (χ1) is 27.5. The van der Waals surface area contributed by atoms with Gasteiger partial charge < -0.3 is 20.3 Å². The van der Waals surface area contributed by atoms with Crippen molar-refractivity contribution in [2.75, 3.05) is 6.61 Å². The highest BCUT2D eigenvalue weighted by molar-refractivity contribution is 5.77. The molecule has 3 unspecified atom stereocenters. The average molecular weight is 784 g/mol. The van der Waals surface area contributed by atoms with Gasteiger partial charge in [0, 0.05) is 6.42 Å². The maximum Gasteiger partial charge on any atom is 0.306 e. The molecule has 0 aliphatic carbocycles. The summed E-state index contributed by atoms with van der Waals surface area (Å²) in [4.78, 5) is 26.0. The standard InChI is InChI=1S/C50H89NO5/c1-4-7-10-13-16-19-22-24-26-28-31-34-37-40-43-50(55)56-46(41-38-35-32-29-27-25-23-20-17-14-11-8-5-2)44-49(54)51-47(45-52)48(53)42-39-36-33-30-21-18-15-12-9-6-3/h8,11,14,17,20,23,25,27,29,32,46-48,52-53H,4-7,9-10,12-13,15-16,18-19,21-22,24,26,28,30-31,33-45H2,1-3H3,(H,51,54)/b11-8+,17-14+,23-20-,27-25-,32-29+. The third-order valence-corrected chi connectivity index (χ3v) is 10.5. The highest BCUT2D eigenvalue weighted by Gasteiger charge is 2.24. The van der Waals surface area contributed by atoms with Crippen LogP contribution in [0.5, 0.6) is 0 Å². The summed E-state index contributed by atoms with van der Waals surface area (Å²) in [5.41, 5.74) is 0. The van der Waals surface area contributed by atoms with Crippen molar-refractivity contribution in [3.05, 3.63) is 60.8 Å². The van der Waals surface area contributed by atoms with Gasteiger partial charge in [0.15, 0.2) is 0 Å². The van der Waals surface area contributed by atoms with Gasteiger partial charge in [-0.1, -0.05) is 229 Å². The van der Waals surface area contributed by atoms with Crippen molar-refractivity contribution in [1.82, 2.24) is 5.32 Å². The zero-order valence-electron chi connectivity index (χ0n) is 36.8. The zero-order chi connectivity index (χ0) is 41.0. The molecule has 0 aliphatic heterocycles. The van der Waals surface area contributed by atoms with Crippen molar-refractivity contribution in [3.63, 3.8) is 0 Å². The molecule has 0 heterocycles. The molecule has 0 saturated carbocycles. The first-order valence-corrected chi connectivity index (χ1v) is 23.6. The fourth-order valence-electron chi connectivity index (χ4n) is 6.93. The predicted octanol–water partition coefficient (Wildman–Crippen LogP) is 13.7. The minimum absolute atomic E-state index is 0.0291. The summed E-state index contributed by atoms with van der Waals surface area (Å²) in [6.45, 7) is 6.30. The molecule has 3 atom stereocenters.